The average molecular weight is 319 g/mol. The molecule has 1 aromatic carbocycles. The Labute approximate surface area is 129 Å². The molecule has 0 saturated carbocycles. The smallest absolute Gasteiger partial charge is 0.239 e. The van der Waals surface area contributed by atoms with Gasteiger partial charge in [-0.1, -0.05) is 35.2 Å². The Bertz CT molecular complexity index is 749. The van der Waals surface area contributed by atoms with Gasteiger partial charge in [0.2, 0.25) is 5.91 Å². The molecule has 8 heteroatoms. The van der Waals surface area contributed by atoms with Crippen LogP contribution in [0, 0.1) is 0 Å². The highest BCUT2D eigenvalue weighted by molar-refractivity contribution is 8.00. The van der Waals surface area contributed by atoms with E-state index in [-0.39, 0.29) is 11.2 Å². The van der Waals surface area contributed by atoms with Crippen molar-refractivity contribution in [3.05, 3.63) is 30.6 Å². The number of hydrogen-bond donors (Lipinski definition) is 1. The molecular weight excluding hydrogens is 306 g/mol. The predicted molar refractivity (Wildman–Crippen MR) is 84.6 cm³/mol. The van der Waals surface area contributed by atoms with Crippen LogP contribution in [0.3, 0.4) is 0 Å². The maximum absolute atomic E-state index is 12.2. The number of amides is 1. The number of thiazole rings is 1. The molecule has 0 aliphatic carbocycles. The molecule has 1 N–H and O–H groups in total. The molecule has 2 heterocycles. The van der Waals surface area contributed by atoms with Crippen molar-refractivity contribution in [2.75, 3.05) is 5.32 Å². The van der Waals surface area contributed by atoms with Gasteiger partial charge in [-0.25, -0.2) is 4.98 Å². The van der Waals surface area contributed by atoms with Crippen LogP contribution in [0.2, 0.25) is 0 Å². The fourth-order valence-corrected chi connectivity index (χ4v) is 3.38. The number of thioether (sulfide) groups is 1. The number of aromatic nitrogens is 4. The summed E-state index contributed by atoms with van der Waals surface area (Å²) in [6.45, 7) is 1.84. The molecule has 1 amide bonds. The van der Waals surface area contributed by atoms with E-state index in [0.29, 0.717) is 10.3 Å². The number of carbonyl (C=O) groups excluding carboxylic acids is 1. The van der Waals surface area contributed by atoms with E-state index in [1.54, 1.807) is 10.9 Å². The summed E-state index contributed by atoms with van der Waals surface area (Å²) < 4.78 is 2.84. The van der Waals surface area contributed by atoms with Crippen molar-refractivity contribution in [3.8, 4) is 0 Å². The third-order valence-electron chi connectivity index (χ3n) is 2.85. The van der Waals surface area contributed by atoms with E-state index in [0.717, 1.165) is 10.2 Å². The van der Waals surface area contributed by atoms with Gasteiger partial charge in [0.05, 0.1) is 15.5 Å². The summed E-state index contributed by atoms with van der Waals surface area (Å²) in [6.07, 6.45) is 1.61. The second kappa shape index (κ2) is 5.82. The first kappa shape index (κ1) is 14.0. The molecule has 1 atom stereocenters. The van der Waals surface area contributed by atoms with Gasteiger partial charge in [-0.2, -0.15) is 0 Å². The Morgan fingerprint density at radius 1 is 1.43 bits per heavy atom. The van der Waals surface area contributed by atoms with Crippen molar-refractivity contribution >= 4 is 44.4 Å². The number of para-hydroxylation sites is 1. The zero-order valence-electron chi connectivity index (χ0n) is 11.5. The molecule has 108 valence electrons. The first-order chi connectivity index (χ1) is 10.1. The topological polar surface area (TPSA) is 72.7 Å². The molecule has 6 nitrogen and oxygen atoms in total. The van der Waals surface area contributed by atoms with Crippen LogP contribution >= 0.6 is 23.1 Å². The molecule has 21 heavy (non-hydrogen) atoms. The van der Waals surface area contributed by atoms with Gasteiger partial charge < -0.3 is 9.88 Å². The number of hydrogen-bond acceptors (Lipinski definition) is 6. The number of benzene rings is 1. The highest BCUT2D eigenvalue weighted by atomic mass is 32.2. The van der Waals surface area contributed by atoms with Gasteiger partial charge in [0.25, 0.3) is 0 Å². The molecule has 0 bridgehead atoms. The fourth-order valence-electron chi connectivity index (χ4n) is 1.72. The molecule has 3 aromatic rings. The molecule has 0 fully saturated rings. The molecular formula is C13H13N5OS2. The molecule has 3 rings (SSSR count). The van der Waals surface area contributed by atoms with E-state index in [2.05, 4.69) is 20.5 Å². The van der Waals surface area contributed by atoms with Gasteiger partial charge in [-0.15, -0.1) is 10.2 Å². The summed E-state index contributed by atoms with van der Waals surface area (Å²) in [5.74, 6) is -0.0953. The second-order valence-electron chi connectivity index (χ2n) is 4.46. The van der Waals surface area contributed by atoms with Crippen LogP contribution in [0.5, 0.6) is 0 Å². The molecule has 0 saturated heterocycles. The summed E-state index contributed by atoms with van der Waals surface area (Å²) in [4.78, 5) is 16.6. The molecule has 0 spiro atoms. The standard InChI is InChI=1S/C13H13N5OS2/c1-8(20-13-17-14-7-18(13)2)11(19)16-12-15-9-5-3-4-6-10(9)21-12/h3-8H,1-2H3,(H,15,16,19). The largest absolute Gasteiger partial charge is 0.312 e. The third kappa shape index (κ3) is 3.06. The number of anilines is 1. The van der Waals surface area contributed by atoms with E-state index in [9.17, 15) is 4.79 Å². The van der Waals surface area contributed by atoms with E-state index >= 15 is 0 Å². The second-order valence-corrected chi connectivity index (χ2v) is 6.80. The van der Waals surface area contributed by atoms with Crippen molar-refractivity contribution in [1.29, 1.82) is 0 Å². The number of carbonyl (C=O) groups is 1. The lowest BCUT2D eigenvalue weighted by Crippen LogP contribution is -2.22. The molecule has 0 aliphatic rings. The summed E-state index contributed by atoms with van der Waals surface area (Å²) in [5, 5.41) is 11.7. The van der Waals surface area contributed by atoms with Crippen LogP contribution in [-0.4, -0.2) is 30.9 Å². The number of nitrogens with zero attached hydrogens (tertiary/aromatic N) is 4. The Morgan fingerprint density at radius 2 is 2.24 bits per heavy atom. The highest BCUT2D eigenvalue weighted by Crippen LogP contribution is 2.27. The van der Waals surface area contributed by atoms with Crippen molar-refractivity contribution < 1.29 is 4.79 Å². The minimum Gasteiger partial charge on any atom is -0.312 e. The van der Waals surface area contributed by atoms with Crippen molar-refractivity contribution in [2.45, 2.75) is 17.3 Å². The quantitative estimate of drug-likeness (QED) is 0.748. The van der Waals surface area contributed by atoms with Crippen LogP contribution in [0.25, 0.3) is 10.2 Å². The lowest BCUT2D eigenvalue weighted by Gasteiger charge is -2.09. The molecule has 1 unspecified atom stereocenters. The van der Waals surface area contributed by atoms with Gasteiger partial charge in [0.15, 0.2) is 10.3 Å². The molecule has 0 aliphatic heterocycles. The van der Waals surface area contributed by atoms with E-state index < -0.39 is 0 Å². The maximum Gasteiger partial charge on any atom is 0.239 e. The lowest BCUT2D eigenvalue weighted by atomic mass is 10.3. The Balaban J connectivity index is 1.69. The van der Waals surface area contributed by atoms with Crippen LogP contribution in [0.1, 0.15) is 6.92 Å². The summed E-state index contributed by atoms with van der Waals surface area (Å²) in [6, 6.07) is 7.80. The first-order valence-corrected chi connectivity index (χ1v) is 8.00. The van der Waals surface area contributed by atoms with E-state index in [1.807, 2.05) is 38.2 Å². The predicted octanol–water partition coefficient (Wildman–Crippen LogP) is 2.54. The summed E-state index contributed by atoms with van der Waals surface area (Å²) in [5.41, 5.74) is 0.895. The van der Waals surface area contributed by atoms with E-state index in [4.69, 9.17) is 0 Å². The Morgan fingerprint density at radius 3 is 2.95 bits per heavy atom. The number of fused-ring (bicyclic) bond motifs is 1. The number of rotatable bonds is 4. The summed E-state index contributed by atoms with van der Waals surface area (Å²) >= 11 is 2.83. The molecule has 2 aromatic heterocycles. The van der Waals surface area contributed by atoms with Gasteiger partial charge >= 0.3 is 0 Å². The monoisotopic (exact) mass is 319 g/mol. The Hall–Kier alpha value is -1.93. The maximum atomic E-state index is 12.2. The van der Waals surface area contributed by atoms with Crippen LogP contribution in [0.15, 0.2) is 35.7 Å². The van der Waals surface area contributed by atoms with E-state index in [1.165, 1.54) is 23.1 Å². The SMILES string of the molecule is CC(Sc1nncn1C)C(=O)Nc1nc2ccccc2s1. The highest BCUT2D eigenvalue weighted by Gasteiger charge is 2.18. The Kier molecular flexibility index (Phi) is 3.89. The van der Waals surface area contributed by atoms with Gasteiger partial charge in [-0.3, -0.25) is 4.79 Å². The molecule has 0 radical (unpaired) electrons. The van der Waals surface area contributed by atoms with Crippen molar-refractivity contribution in [3.63, 3.8) is 0 Å². The number of aryl methyl sites for hydroxylation is 1. The fraction of sp³-hybridized carbons (Fsp3) is 0.231. The third-order valence-corrected chi connectivity index (χ3v) is 4.95. The zero-order chi connectivity index (χ0) is 14.8. The van der Waals surface area contributed by atoms with Gasteiger partial charge in [-0.05, 0) is 19.1 Å². The summed E-state index contributed by atoms with van der Waals surface area (Å²) in [7, 11) is 1.85. The minimum atomic E-state index is -0.278. The minimum absolute atomic E-state index is 0.0953. The van der Waals surface area contributed by atoms with Crippen molar-refractivity contribution in [1.82, 2.24) is 19.7 Å². The van der Waals surface area contributed by atoms with Gasteiger partial charge in [0, 0.05) is 7.05 Å². The normalized spacial score (nSPS) is 12.5. The van der Waals surface area contributed by atoms with Crippen LogP contribution in [0.4, 0.5) is 5.13 Å². The first-order valence-electron chi connectivity index (χ1n) is 6.30. The lowest BCUT2D eigenvalue weighted by molar-refractivity contribution is -0.115. The van der Waals surface area contributed by atoms with Crippen LogP contribution in [-0.2, 0) is 11.8 Å². The van der Waals surface area contributed by atoms with Crippen molar-refractivity contribution in [2.24, 2.45) is 7.05 Å². The number of nitrogens with one attached hydrogen (secondary N) is 1. The van der Waals surface area contributed by atoms with Crippen LogP contribution < -0.4 is 5.32 Å². The van der Waals surface area contributed by atoms with Gasteiger partial charge in [0.1, 0.15) is 6.33 Å². The average Bonchev–Trinajstić information content (AvgIpc) is 3.04. The zero-order valence-corrected chi connectivity index (χ0v) is 13.1.